The maximum Gasteiger partial charge on any atom is 0.306 e. The highest BCUT2D eigenvalue weighted by Crippen LogP contribution is 2.17. The Hall–Kier alpha value is -3.93. The summed E-state index contributed by atoms with van der Waals surface area (Å²) in [5.41, 5.74) is 0. The molecule has 0 saturated heterocycles. The van der Waals surface area contributed by atoms with Gasteiger partial charge in [0.25, 0.3) is 0 Å². The SMILES string of the molecule is CC/C=C\C/C=C\C/C=C\C/C=C\C/C=C\CCCCCCCC(=O)OC(COC(=O)CCCCCCCCCCCCCCCC)COC(=O)CCCCCCCCCCCCCCCCCC/C=C\C/C=C\C/C=C\C/C=C\CC. The van der Waals surface area contributed by atoms with Crippen molar-refractivity contribution >= 4 is 17.9 Å². The first-order valence-corrected chi connectivity index (χ1v) is 34.9. The van der Waals surface area contributed by atoms with E-state index >= 15 is 0 Å². The molecule has 6 heteroatoms. The Morgan fingerprint density at radius 2 is 0.476 bits per heavy atom. The van der Waals surface area contributed by atoms with Gasteiger partial charge < -0.3 is 14.2 Å². The first-order valence-electron chi connectivity index (χ1n) is 34.9. The molecule has 0 aromatic heterocycles. The summed E-state index contributed by atoms with van der Waals surface area (Å²) in [4.78, 5) is 38.4. The highest BCUT2D eigenvalue weighted by atomic mass is 16.6. The van der Waals surface area contributed by atoms with Crippen LogP contribution in [0, 0.1) is 0 Å². The van der Waals surface area contributed by atoms with Gasteiger partial charge in [-0.05, 0) is 103 Å². The Labute approximate surface area is 508 Å². The van der Waals surface area contributed by atoms with Crippen molar-refractivity contribution in [1.82, 2.24) is 0 Å². The van der Waals surface area contributed by atoms with Crippen LogP contribution < -0.4 is 0 Å². The summed E-state index contributed by atoms with van der Waals surface area (Å²) in [6.07, 6.45) is 95.4. The summed E-state index contributed by atoms with van der Waals surface area (Å²) in [7, 11) is 0. The van der Waals surface area contributed by atoms with E-state index in [0.29, 0.717) is 19.3 Å². The number of allylic oxidation sites excluding steroid dienone is 18. The fourth-order valence-electron chi connectivity index (χ4n) is 9.88. The van der Waals surface area contributed by atoms with Crippen LogP contribution in [0.3, 0.4) is 0 Å². The second-order valence-electron chi connectivity index (χ2n) is 23.0. The third-order valence-corrected chi connectivity index (χ3v) is 15.0. The standard InChI is InChI=1S/C76H130O6/c1-4-7-10-13-16-19-22-25-28-30-32-34-35-36-37-38-39-40-41-43-44-46-48-51-54-57-60-63-66-69-75(78)81-72-73(71-80-74(77)68-65-62-59-56-53-50-27-24-21-18-15-12-9-6-3)82-76(79)70-67-64-61-58-55-52-49-47-45-42-33-31-29-26-23-20-17-14-11-8-5-2/h7-8,10-11,16-17,19-20,25-26,28-29,32-34,42,47,49,73H,4-6,9,12-15,18,21-24,27,30-31,35-41,43-46,48,50-72H2,1-3H3/b10-7-,11-8-,19-16-,20-17-,28-25-,29-26-,34-32-,42-33-,49-47-. The molecule has 0 bridgehead atoms. The van der Waals surface area contributed by atoms with Gasteiger partial charge >= 0.3 is 17.9 Å². The Morgan fingerprint density at radius 3 is 0.744 bits per heavy atom. The predicted octanol–water partition coefficient (Wildman–Crippen LogP) is 24.2. The molecular formula is C76H130O6. The first-order chi connectivity index (χ1) is 40.5. The molecular weight excluding hydrogens is 1010 g/mol. The average molecular weight is 1140 g/mol. The second-order valence-corrected chi connectivity index (χ2v) is 23.0. The number of hydrogen-bond acceptors (Lipinski definition) is 6. The molecule has 0 amide bonds. The predicted molar refractivity (Wildman–Crippen MR) is 357 cm³/mol. The van der Waals surface area contributed by atoms with Crippen molar-refractivity contribution in [2.75, 3.05) is 13.2 Å². The fourth-order valence-corrected chi connectivity index (χ4v) is 9.88. The molecule has 0 heterocycles. The Balaban J connectivity index is 4.30. The quantitative estimate of drug-likeness (QED) is 0.0261. The Kier molecular flexibility index (Phi) is 66.2. The number of carbonyl (C=O) groups excluding carboxylic acids is 3. The van der Waals surface area contributed by atoms with Gasteiger partial charge in [-0.1, -0.05) is 323 Å². The van der Waals surface area contributed by atoms with Crippen molar-refractivity contribution in [3.63, 3.8) is 0 Å². The lowest BCUT2D eigenvalue weighted by Crippen LogP contribution is -2.30. The van der Waals surface area contributed by atoms with Gasteiger partial charge in [0.05, 0.1) is 0 Å². The summed E-state index contributed by atoms with van der Waals surface area (Å²) in [6, 6.07) is 0. The van der Waals surface area contributed by atoms with E-state index in [9.17, 15) is 14.4 Å². The average Bonchev–Trinajstić information content (AvgIpc) is 3.47. The van der Waals surface area contributed by atoms with Gasteiger partial charge in [-0.3, -0.25) is 14.4 Å². The minimum absolute atomic E-state index is 0.0825. The van der Waals surface area contributed by atoms with Gasteiger partial charge in [-0.25, -0.2) is 0 Å². The van der Waals surface area contributed by atoms with Crippen LogP contribution in [0.1, 0.15) is 335 Å². The van der Waals surface area contributed by atoms with Crippen LogP contribution in [0.25, 0.3) is 0 Å². The maximum atomic E-state index is 12.9. The molecule has 0 aromatic rings. The molecule has 0 aliphatic heterocycles. The number of esters is 3. The van der Waals surface area contributed by atoms with Crippen molar-refractivity contribution in [2.24, 2.45) is 0 Å². The monoisotopic (exact) mass is 1140 g/mol. The highest BCUT2D eigenvalue weighted by Gasteiger charge is 2.19. The van der Waals surface area contributed by atoms with Gasteiger partial charge in [-0.2, -0.15) is 0 Å². The van der Waals surface area contributed by atoms with Crippen molar-refractivity contribution in [2.45, 2.75) is 341 Å². The van der Waals surface area contributed by atoms with Crippen LogP contribution in [0.4, 0.5) is 0 Å². The largest absolute Gasteiger partial charge is 0.462 e. The van der Waals surface area contributed by atoms with Gasteiger partial charge in [0, 0.05) is 19.3 Å². The number of rotatable bonds is 63. The molecule has 0 saturated carbocycles. The molecule has 0 N–H and O–H groups in total. The fraction of sp³-hybridized carbons (Fsp3) is 0.724. The third kappa shape index (κ3) is 66.9. The molecule has 82 heavy (non-hydrogen) atoms. The third-order valence-electron chi connectivity index (χ3n) is 15.0. The first kappa shape index (κ1) is 78.1. The summed E-state index contributed by atoms with van der Waals surface area (Å²) >= 11 is 0. The lowest BCUT2D eigenvalue weighted by molar-refractivity contribution is -0.167. The number of hydrogen-bond donors (Lipinski definition) is 0. The molecule has 0 spiro atoms. The van der Waals surface area contributed by atoms with Crippen LogP contribution in [-0.2, 0) is 28.6 Å². The Morgan fingerprint density at radius 1 is 0.256 bits per heavy atom. The van der Waals surface area contributed by atoms with Gasteiger partial charge in [0.1, 0.15) is 13.2 Å². The molecule has 0 aliphatic rings. The zero-order chi connectivity index (χ0) is 59.2. The van der Waals surface area contributed by atoms with E-state index < -0.39 is 6.10 Å². The zero-order valence-corrected chi connectivity index (χ0v) is 54.0. The van der Waals surface area contributed by atoms with Gasteiger partial charge in [0.2, 0.25) is 0 Å². The molecule has 0 aromatic carbocycles. The number of ether oxygens (including phenoxy) is 3. The minimum Gasteiger partial charge on any atom is -0.462 e. The maximum absolute atomic E-state index is 12.9. The molecule has 0 rings (SSSR count). The number of unbranched alkanes of at least 4 members (excludes halogenated alkanes) is 34. The minimum atomic E-state index is -0.789. The molecule has 1 atom stereocenters. The van der Waals surface area contributed by atoms with Crippen LogP contribution in [-0.4, -0.2) is 37.2 Å². The van der Waals surface area contributed by atoms with Crippen molar-refractivity contribution in [3.05, 3.63) is 109 Å². The normalized spacial score (nSPS) is 12.8. The van der Waals surface area contributed by atoms with Gasteiger partial charge in [-0.15, -0.1) is 0 Å². The van der Waals surface area contributed by atoms with E-state index in [-0.39, 0.29) is 31.1 Å². The summed E-state index contributed by atoms with van der Waals surface area (Å²) < 4.78 is 17.0. The topological polar surface area (TPSA) is 78.9 Å². The lowest BCUT2D eigenvalue weighted by Gasteiger charge is -2.18. The van der Waals surface area contributed by atoms with Crippen molar-refractivity contribution in [3.8, 4) is 0 Å². The van der Waals surface area contributed by atoms with E-state index in [1.165, 1.54) is 161 Å². The molecule has 0 fully saturated rings. The molecule has 470 valence electrons. The summed E-state index contributed by atoms with van der Waals surface area (Å²) in [6.45, 7) is 6.44. The highest BCUT2D eigenvalue weighted by molar-refractivity contribution is 5.71. The van der Waals surface area contributed by atoms with E-state index in [2.05, 4.69) is 130 Å². The summed E-state index contributed by atoms with van der Waals surface area (Å²) in [5, 5.41) is 0. The van der Waals surface area contributed by atoms with Gasteiger partial charge in [0.15, 0.2) is 6.10 Å². The van der Waals surface area contributed by atoms with Crippen LogP contribution in [0.15, 0.2) is 109 Å². The van der Waals surface area contributed by atoms with Crippen LogP contribution >= 0.6 is 0 Å². The lowest BCUT2D eigenvalue weighted by atomic mass is 10.0. The second kappa shape index (κ2) is 69.6. The number of carbonyl (C=O) groups is 3. The van der Waals surface area contributed by atoms with Crippen LogP contribution in [0.5, 0.6) is 0 Å². The zero-order valence-electron chi connectivity index (χ0n) is 54.0. The summed E-state index contributed by atoms with van der Waals surface area (Å²) in [5.74, 6) is -0.886. The van der Waals surface area contributed by atoms with E-state index in [1.54, 1.807) is 0 Å². The van der Waals surface area contributed by atoms with Crippen molar-refractivity contribution < 1.29 is 28.6 Å². The molecule has 1 unspecified atom stereocenters. The molecule has 0 radical (unpaired) electrons. The van der Waals surface area contributed by atoms with Crippen LogP contribution in [0.2, 0.25) is 0 Å². The Bertz CT molecular complexity index is 1640. The molecule has 6 nitrogen and oxygen atoms in total. The van der Waals surface area contributed by atoms with E-state index in [0.717, 1.165) is 135 Å². The van der Waals surface area contributed by atoms with E-state index in [4.69, 9.17) is 14.2 Å². The molecule has 0 aliphatic carbocycles. The van der Waals surface area contributed by atoms with E-state index in [1.807, 2.05) is 0 Å². The smallest absolute Gasteiger partial charge is 0.306 e. The van der Waals surface area contributed by atoms with Crippen molar-refractivity contribution in [1.29, 1.82) is 0 Å².